The van der Waals surface area contributed by atoms with Gasteiger partial charge in [0.2, 0.25) is 0 Å². The summed E-state index contributed by atoms with van der Waals surface area (Å²) in [4.78, 5) is 17.0. The Balaban J connectivity index is 1.56. The fourth-order valence-electron chi connectivity index (χ4n) is 3.54. The molecule has 23 heavy (non-hydrogen) atoms. The van der Waals surface area contributed by atoms with E-state index in [1.54, 1.807) is 22.1 Å². The largest absolute Gasteiger partial charge is 0.284 e. The molecule has 2 aliphatic rings. The molecule has 2 aromatic heterocycles. The van der Waals surface area contributed by atoms with E-state index < -0.39 is 0 Å². The third kappa shape index (κ3) is 3.26. The van der Waals surface area contributed by atoms with E-state index in [-0.39, 0.29) is 5.56 Å². The highest BCUT2D eigenvalue weighted by Gasteiger charge is 2.43. The van der Waals surface area contributed by atoms with Gasteiger partial charge in [0.05, 0.1) is 11.5 Å². The van der Waals surface area contributed by atoms with Crippen molar-refractivity contribution in [2.45, 2.75) is 45.3 Å². The number of nitrogens with zero attached hydrogens (tertiary/aromatic N) is 3. The molecule has 0 bridgehead atoms. The average Bonchev–Trinajstić information content (AvgIpc) is 3.44. The zero-order valence-corrected chi connectivity index (χ0v) is 14.6. The van der Waals surface area contributed by atoms with Gasteiger partial charge >= 0.3 is 0 Å². The monoisotopic (exact) mass is 329 g/mol. The van der Waals surface area contributed by atoms with Gasteiger partial charge in [-0.2, -0.15) is 5.10 Å². The minimum Gasteiger partial charge on any atom is -0.284 e. The van der Waals surface area contributed by atoms with Crippen molar-refractivity contribution in [3.63, 3.8) is 0 Å². The highest BCUT2D eigenvalue weighted by atomic mass is 32.1. The SMILES string of the molecule is Cc1ccc(-c2ccc(=O)n(CN(C)C(C3CC3)C3CC3)n2)s1. The van der Waals surface area contributed by atoms with Crippen LogP contribution in [0.5, 0.6) is 0 Å². The van der Waals surface area contributed by atoms with E-state index in [0.29, 0.717) is 12.7 Å². The van der Waals surface area contributed by atoms with Crippen LogP contribution >= 0.6 is 11.3 Å². The van der Waals surface area contributed by atoms with Crippen molar-refractivity contribution < 1.29 is 0 Å². The maximum atomic E-state index is 12.2. The zero-order chi connectivity index (χ0) is 16.0. The molecule has 4 rings (SSSR count). The van der Waals surface area contributed by atoms with Crippen LogP contribution in [0.25, 0.3) is 10.6 Å². The van der Waals surface area contributed by atoms with E-state index >= 15 is 0 Å². The van der Waals surface area contributed by atoms with Crippen molar-refractivity contribution in [3.05, 3.63) is 39.5 Å². The number of hydrogen-bond acceptors (Lipinski definition) is 4. The second kappa shape index (κ2) is 5.87. The molecular weight excluding hydrogens is 306 g/mol. The van der Waals surface area contributed by atoms with E-state index in [9.17, 15) is 4.79 Å². The molecule has 5 heteroatoms. The fourth-order valence-corrected chi connectivity index (χ4v) is 4.37. The summed E-state index contributed by atoms with van der Waals surface area (Å²) >= 11 is 1.72. The topological polar surface area (TPSA) is 38.1 Å². The van der Waals surface area contributed by atoms with Crippen molar-refractivity contribution in [3.8, 4) is 10.6 Å². The van der Waals surface area contributed by atoms with Crippen molar-refractivity contribution in [2.24, 2.45) is 11.8 Å². The smallest absolute Gasteiger partial charge is 0.268 e. The number of hydrogen-bond donors (Lipinski definition) is 0. The molecule has 0 amide bonds. The van der Waals surface area contributed by atoms with Crippen LogP contribution in [-0.2, 0) is 6.67 Å². The molecule has 2 saturated carbocycles. The van der Waals surface area contributed by atoms with Gasteiger partial charge in [-0.3, -0.25) is 9.69 Å². The molecule has 4 nitrogen and oxygen atoms in total. The Hall–Kier alpha value is -1.46. The summed E-state index contributed by atoms with van der Waals surface area (Å²) < 4.78 is 1.63. The van der Waals surface area contributed by atoms with Crippen molar-refractivity contribution >= 4 is 11.3 Å². The van der Waals surface area contributed by atoms with Crippen LogP contribution in [0.15, 0.2) is 29.1 Å². The first-order valence-corrected chi connectivity index (χ1v) is 9.28. The molecule has 0 spiro atoms. The molecule has 0 aliphatic heterocycles. The third-order valence-electron chi connectivity index (χ3n) is 4.94. The summed E-state index contributed by atoms with van der Waals surface area (Å²) in [6, 6.07) is 8.30. The van der Waals surface area contributed by atoms with E-state index in [4.69, 9.17) is 0 Å². The molecule has 2 fully saturated rings. The third-order valence-corrected chi connectivity index (χ3v) is 5.96. The minimum absolute atomic E-state index is 0.0146. The first-order chi connectivity index (χ1) is 11.1. The first-order valence-electron chi connectivity index (χ1n) is 8.47. The van der Waals surface area contributed by atoms with Crippen LogP contribution in [0.3, 0.4) is 0 Å². The van der Waals surface area contributed by atoms with E-state index in [1.165, 1.54) is 30.6 Å². The second-order valence-electron chi connectivity index (χ2n) is 7.03. The molecule has 0 radical (unpaired) electrons. The van der Waals surface area contributed by atoms with Gasteiger partial charge < -0.3 is 0 Å². The second-order valence-corrected chi connectivity index (χ2v) is 8.32. The Kier molecular flexibility index (Phi) is 3.85. The van der Waals surface area contributed by atoms with Crippen LogP contribution in [0, 0.1) is 18.8 Å². The highest BCUT2D eigenvalue weighted by molar-refractivity contribution is 7.15. The minimum atomic E-state index is -0.0146. The summed E-state index contributed by atoms with van der Waals surface area (Å²) in [5.74, 6) is 1.68. The summed E-state index contributed by atoms with van der Waals surface area (Å²) in [6.45, 7) is 2.68. The average molecular weight is 329 g/mol. The number of rotatable bonds is 6. The quantitative estimate of drug-likeness (QED) is 0.815. The molecule has 122 valence electrons. The summed E-state index contributed by atoms with van der Waals surface area (Å²) in [7, 11) is 2.15. The van der Waals surface area contributed by atoms with Gasteiger partial charge in [-0.05, 0) is 69.7 Å². The first kappa shape index (κ1) is 15.1. The number of aryl methyl sites for hydroxylation is 1. The van der Waals surface area contributed by atoms with Gasteiger partial charge in [-0.1, -0.05) is 0 Å². The maximum Gasteiger partial charge on any atom is 0.268 e. The summed E-state index contributed by atoms with van der Waals surface area (Å²) in [5.41, 5.74) is 0.879. The lowest BCUT2D eigenvalue weighted by molar-refractivity contribution is 0.143. The zero-order valence-electron chi connectivity index (χ0n) is 13.7. The van der Waals surface area contributed by atoms with Crippen molar-refractivity contribution in [1.82, 2.24) is 14.7 Å². The molecule has 0 saturated heterocycles. The predicted octanol–water partition coefficient (Wildman–Crippen LogP) is 3.36. The lowest BCUT2D eigenvalue weighted by atomic mass is 10.1. The van der Waals surface area contributed by atoms with Gasteiger partial charge in [0.15, 0.2) is 0 Å². The number of thiophene rings is 1. The molecule has 0 unspecified atom stereocenters. The lowest BCUT2D eigenvalue weighted by Gasteiger charge is -2.28. The van der Waals surface area contributed by atoms with E-state index in [0.717, 1.165) is 22.4 Å². The Morgan fingerprint density at radius 1 is 1.22 bits per heavy atom. The number of aromatic nitrogens is 2. The van der Waals surface area contributed by atoms with Crippen molar-refractivity contribution in [2.75, 3.05) is 7.05 Å². The summed E-state index contributed by atoms with van der Waals surface area (Å²) in [6.07, 6.45) is 5.40. The molecule has 0 aromatic carbocycles. The van der Waals surface area contributed by atoms with Gasteiger partial charge in [-0.15, -0.1) is 11.3 Å². The van der Waals surface area contributed by atoms with Crippen molar-refractivity contribution in [1.29, 1.82) is 0 Å². The molecule has 2 aromatic rings. The molecule has 0 N–H and O–H groups in total. The van der Waals surface area contributed by atoms with Crippen LogP contribution < -0.4 is 5.56 Å². The van der Waals surface area contributed by atoms with Crippen LogP contribution in [-0.4, -0.2) is 27.8 Å². The molecular formula is C18H23N3OS. The Labute approximate surface area is 140 Å². The Bertz CT molecular complexity index is 746. The fraction of sp³-hybridized carbons (Fsp3) is 0.556. The Morgan fingerprint density at radius 2 is 1.91 bits per heavy atom. The highest BCUT2D eigenvalue weighted by Crippen LogP contribution is 2.46. The Morgan fingerprint density at radius 3 is 2.48 bits per heavy atom. The molecule has 0 atom stereocenters. The standard InChI is InChI=1S/C18H23N3OS/c1-12-3-9-16(23-12)15-8-10-17(22)21(19-15)11-20(2)18(13-4-5-13)14-6-7-14/h3,8-10,13-14,18H,4-7,11H2,1-2H3. The van der Waals surface area contributed by atoms with Gasteiger partial charge in [0, 0.05) is 17.0 Å². The predicted molar refractivity (Wildman–Crippen MR) is 93.5 cm³/mol. The van der Waals surface area contributed by atoms with Gasteiger partial charge in [0.1, 0.15) is 5.69 Å². The normalized spacial score (nSPS) is 18.1. The van der Waals surface area contributed by atoms with Gasteiger partial charge in [0.25, 0.3) is 5.56 Å². The van der Waals surface area contributed by atoms with Gasteiger partial charge in [-0.25, -0.2) is 4.68 Å². The van der Waals surface area contributed by atoms with E-state index in [2.05, 4.69) is 36.1 Å². The van der Waals surface area contributed by atoms with Crippen LogP contribution in [0.1, 0.15) is 30.6 Å². The van der Waals surface area contributed by atoms with E-state index in [1.807, 2.05) is 6.07 Å². The van der Waals surface area contributed by atoms with Crippen LogP contribution in [0.2, 0.25) is 0 Å². The summed E-state index contributed by atoms with van der Waals surface area (Å²) in [5, 5.41) is 4.61. The molecule has 2 heterocycles. The lowest BCUT2D eigenvalue weighted by Crippen LogP contribution is -2.40. The maximum absolute atomic E-state index is 12.2. The molecule has 2 aliphatic carbocycles. The van der Waals surface area contributed by atoms with Crippen LogP contribution in [0.4, 0.5) is 0 Å².